The summed E-state index contributed by atoms with van der Waals surface area (Å²) in [6.07, 6.45) is -2.65. The SMILES string of the molecule is O=C1CO[C@H]2CCN(C(=O)N3CCC(C(COCC(F)(F)F)c4ccc(F)cc4)CC3)C[C@H]2N1. The quantitative estimate of drug-likeness (QED) is 0.649. The average Bonchev–Trinajstić information content (AvgIpc) is 2.81. The van der Waals surface area contributed by atoms with Crippen molar-refractivity contribution in [2.45, 2.75) is 43.5 Å². The van der Waals surface area contributed by atoms with Crippen molar-refractivity contribution in [3.8, 4) is 0 Å². The predicted octanol–water partition coefficient (Wildman–Crippen LogP) is 2.91. The molecule has 11 heteroatoms. The Morgan fingerprint density at radius 1 is 1.12 bits per heavy atom. The second kappa shape index (κ2) is 10.5. The summed E-state index contributed by atoms with van der Waals surface area (Å²) in [4.78, 5) is 28.2. The van der Waals surface area contributed by atoms with Gasteiger partial charge >= 0.3 is 12.2 Å². The number of piperidine rings is 2. The van der Waals surface area contributed by atoms with Crippen LogP contribution in [0.2, 0.25) is 0 Å². The molecule has 7 nitrogen and oxygen atoms in total. The maximum Gasteiger partial charge on any atom is 0.411 e. The zero-order valence-corrected chi connectivity index (χ0v) is 18.7. The number of carbonyl (C=O) groups is 2. The number of halogens is 4. The minimum absolute atomic E-state index is 0.000450. The van der Waals surface area contributed by atoms with Crippen LogP contribution in [0.15, 0.2) is 24.3 Å². The number of nitrogens with one attached hydrogen (secondary N) is 1. The number of rotatable bonds is 5. The van der Waals surface area contributed by atoms with Gasteiger partial charge in [-0.15, -0.1) is 0 Å². The van der Waals surface area contributed by atoms with E-state index in [4.69, 9.17) is 9.47 Å². The number of ether oxygens (including phenoxy) is 2. The van der Waals surface area contributed by atoms with E-state index in [2.05, 4.69) is 5.32 Å². The fraction of sp³-hybridized carbons (Fsp3) is 0.652. The molecule has 1 unspecified atom stereocenters. The van der Waals surface area contributed by atoms with Crippen LogP contribution in [-0.4, -0.2) is 86.1 Å². The lowest BCUT2D eigenvalue weighted by Crippen LogP contribution is -2.62. The number of hydrogen-bond acceptors (Lipinski definition) is 4. The third kappa shape index (κ3) is 6.18. The van der Waals surface area contributed by atoms with Gasteiger partial charge in [0.2, 0.25) is 5.91 Å². The van der Waals surface area contributed by atoms with E-state index in [1.165, 1.54) is 12.1 Å². The molecule has 3 atom stereocenters. The van der Waals surface area contributed by atoms with Crippen molar-refractivity contribution in [3.63, 3.8) is 0 Å². The van der Waals surface area contributed by atoms with Crippen molar-refractivity contribution < 1.29 is 36.6 Å². The number of morpholine rings is 1. The molecule has 1 aromatic carbocycles. The van der Waals surface area contributed by atoms with Crippen LogP contribution in [0, 0.1) is 11.7 Å². The molecule has 0 aromatic heterocycles. The normalized spacial score (nSPS) is 25.0. The van der Waals surface area contributed by atoms with Gasteiger partial charge in [-0.05, 0) is 42.9 Å². The second-order valence-corrected chi connectivity index (χ2v) is 9.15. The molecule has 0 saturated carbocycles. The maximum atomic E-state index is 13.4. The standard InChI is InChI=1S/C23H29F4N3O4/c24-17-3-1-15(2-4-17)18(12-33-14-23(25,26)27)16-5-8-29(9-6-16)22(32)30-10-7-20-19(11-30)28-21(31)13-34-20/h1-4,16,18-20H,5-14H2,(H,28,31)/t18?,19-,20+/m1/s1. The van der Waals surface area contributed by atoms with Gasteiger partial charge < -0.3 is 24.6 Å². The minimum Gasteiger partial charge on any atom is -0.371 e. The van der Waals surface area contributed by atoms with Crippen LogP contribution in [0.3, 0.4) is 0 Å². The van der Waals surface area contributed by atoms with Crippen LogP contribution >= 0.6 is 0 Å². The second-order valence-electron chi connectivity index (χ2n) is 9.15. The van der Waals surface area contributed by atoms with Crippen molar-refractivity contribution in [2.24, 2.45) is 5.92 Å². The highest BCUT2D eigenvalue weighted by atomic mass is 19.4. The summed E-state index contributed by atoms with van der Waals surface area (Å²) in [6, 6.07) is 5.43. The molecule has 0 radical (unpaired) electrons. The van der Waals surface area contributed by atoms with E-state index in [-0.39, 0.29) is 49.1 Å². The number of benzene rings is 1. The van der Waals surface area contributed by atoms with E-state index in [0.717, 1.165) is 5.56 Å². The Kier molecular flexibility index (Phi) is 7.61. The first-order chi connectivity index (χ1) is 16.2. The van der Waals surface area contributed by atoms with Crippen LogP contribution in [0.1, 0.15) is 30.7 Å². The van der Waals surface area contributed by atoms with Gasteiger partial charge in [-0.2, -0.15) is 13.2 Å². The summed E-state index contributed by atoms with van der Waals surface area (Å²) in [5.41, 5.74) is 0.725. The first kappa shape index (κ1) is 24.7. The molecule has 0 spiro atoms. The summed E-state index contributed by atoms with van der Waals surface area (Å²) in [7, 11) is 0. The topological polar surface area (TPSA) is 71.1 Å². The Hall–Kier alpha value is -2.40. The van der Waals surface area contributed by atoms with Crippen LogP contribution in [0.5, 0.6) is 0 Å². The Labute approximate surface area is 195 Å². The Morgan fingerprint density at radius 2 is 1.79 bits per heavy atom. The van der Waals surface area contributed by atoms with Crippen LogP contribution in [-0.2, 0) is 14.3 Å². The van der Waals surface area contributed by atoms with Crippen molar-refractivity contribution in [3.05, 3.63) is 35.6 Å². The highest BCUT2D eigenvalue weighted by molar-refractivity contribution is 5.79. The van der Waals surface area contributed by atoms with Gasteiger partial charge in [0.05, 0.1) is 18.8 Å². The number of carbonyl (C=O) groups excluding carboxylic acids is 2. The first-order valence-corrected chi connectivity index (χ1v) is 11.5. The smallest absolute Gasteiger partial charge is 0.371 e. The number of fused-ring (bicyclic) bond motifs is 1. The van der Waals surface area contributed by atoms with Crippen molar-refractivity contribution in [2.75, 3.05) is 46.0 Å². The monoisotopic (exact) mass is 487 g/mol. The van der Waals surface area contributed by atoms with E-state index in [1.54, 1.807) is 21.9 Å². The Bertz CT molecular complexity index is 859. The van der Waals surface area contributed by atoms with Crippen LogP contribution in [0.4, 0.5) is 22.4 Å². The van der Waals surface area contributed by atoms with Gasteiger partial charge in [-0.25, -0.2) is 9.18 Å². The van der Waals surface area contributed by atoms with E-state index in [0.29, 0.717) is 45.4 Å². The van der Waals surface area contributed by atoms with Crippen molar-refractivity contribution in [1.82, 2.24) is 15.1 Å². The minimum atomic E-state index is -4.42. The third-order valence-corrected chi connectivity index (χ3v) is 6.84. The van der Waals surface area contributed by atoms with Gasteiger partial charge in [0.25, 0.3) is 0 Å². The van der Waals surface area contributed by atoms with E-state index >= 15 is 0 Å². The molecule has 1 N–H and O–H groups in total. The van der Waals surface area contributed by atoms with Crippen LogP contribution in [0.25, 0.3) is 0 Å². The van der Waals surface area contributed by atoms with Crippen molar-refractivity contribution in [1.29, 1.82) is 0 Å². The van der Waals surface area contributed by atoms with Gasteiger partial charge in [0.15, 0.2) is 0 Å². The van der Waals surface area contributed by atoms with E-state index in [1.807, 2.05) is 0 Å². The molecule has 3 aliphatic heterocycles. The molecule has 3 amide bonds. The van der Waals surface area contributed by atoms with Crippen molar-refractivity contribution >= 4 is 11.9 Å². The molecular weight excluding hydrogens is 458 g/mol. The predicted molar refractivity (Wildman–Crippen MR) is 114 cm³/mol. The lowest BCUT2D eigenvalue weighted by molar-refractivity contribution is -0.176. The Morgan fingerprint density at radius 3 is 2.47 bits per heavy atom. The molecule has 0 bridgehead atoms. The molecule has 34 heavy (non-hydrogen) atoms. The molecule has 3 saturated heterocycles. The highest BCUT2D eigenvalue weighted by Gasteiger charge is 2.39. The van der Waals surface area contributed by atoms with Gasteiger partial charge in [-0.3, -0.25) is 4.79 Å². The lowest BCUT2D eigenvalue weighted by atomic mass is 9.80. The molecule has 3 heterocycles. The third-order valence-electron chi connectivity index (χ3n) is 6.84. The summed E-state index contributed by atoms with van der Waals surface area (Å²) >= 11 is 0. The lowest BCUT2D eigenvalue weighted by Gasteiger charge is -2.44. The molecule has 0 aliphatic carbocycles. The average molecular weight is 487 g/mol. The fourth-order valence-corrected chi connectivity index (χ4v) is 5.08. The summed E-state index contributed by atoms with van der Waals surface area (Å²) in [6.45, 7) is 0.447. The van der Waals surface area contributed by atoms with Crippen LogP contribution < -0.4 is 5.32 Å². The molecule has 3 fully saturated rings. The van der Waals surface area contributed by atoms with Gasteiger partial charge in [0, 0.05) is 32.1 Å². The summed E-state index contributed by atoms with van der Waals surface area (Å²) in [5, 5.41) is 2.88. The molecule has 1 aromatic rings. The number of nitrogens with zero attached hydrogens (tertiary/aromatic N) is 2. The number of urea groups is 1. The molecule has 188 valence electrons. The van der Waals surface area contributed by atoms with E-state index in [9.17, 15) is 27.2 Å². The molecule has 4 rings (SSSR count). The number of likely N-dealkylation sites (tertiary alicyclic amines) is 2. The van der Waals surface area contributed by atoms with Gasteiger partial charge in [0.1, 0.15) is 19.0 Å². The first-order valence-electron chi connectivity index (χ1n) is 11.5. The molecular formula is C23H29F4N3O4. The highest BCUT2D eigenvalue weighted by Crippen LogP contribution is 2.34. The van der Waals surface area contributed by atoms with Gasteiger partial charge in [-0.1, -0.05) is 12.1 Å². The zero-order valence-electron chi connectivity index (χ0n) is 18.7. The fourth-order valence-electron chi connectivity index (χ4n) is 5.08. The summed E-state index contributed by atoms with van der Waals surface area (Å²) in [5.74, 6) is -0.927. The number of hydrogen-bond donors (Lipinski definition) is 1. The molecule has 3 aliphatic rings. The largest absolute Gasteiger partial charge is 0.411 e. The Balaban J connectivity index is 1.34. The maximum absolute atomic E-state index is 13.4. The number of amides is 3. The van der Waals surface area contributed by atoms with E-state index < -0.39 is 18.6 Å². The zero-order chi connectivity index (χ0) is 24.3. The summed E-state index contributed by atoms with van der Waals surface area (Å²) < 4.78 is 61.7. The number of alkyl halides is 3.